The van der Waals surface area contributed by atoms with Gasteiger partial charge in [-0.2, -0.15) is 5.10 Å². The Balaban J connectivity index is 1.75. The van der Waals surface area contributed by atoms with E-state index in [1.54, 1.807) is 24.3 Å². The predicted octanol–water partition coefficient (Wildman–Crippen LogP) is 3.67. The van der Waals surface area contributed by atoms with Crippen molar-refractivity contribution in [2.45, 2.75) is 19.9 Å². The third-order valence-electron chi connectivity index (χ3n) is 4.93. The molecule has 0 saturated heterocycles. The van der Waals surface area contributed by atoms with E-state index in [9.17, 15) is 14.3 Å². The fourth-order valence-corrected chi connectivity index (χ4v) is 3.63. The lowest BCUT2D eigenvalue weighted by Crippen LogP contribution is -2.41. The molecule has 0 aromatic heterocycles. The number of aromatic hydroxyl groups is 1. The Kier molecular flexibility index (Phi) is 4.66. The van der Waals surface area contributed by atoms with Gasteiger partial charge in [0.15, 0.2) is 0 Å². The highest BCUT2D eigenvalue weighted by molar-refractivity contribution is 6.07. The summed E-state index contributed by atoms with van der Waals surface area (Å²) in [6.45, 7) is 4.84. The fraction of sp³-hybridized carbons (Fsp3) is 0.333. The van der Waals surface area contributed by atoms with E-state index in [4.69, 9.17) is 4.74 Å². The molecule has 0 radical (unpaired) electrons. The quantitative estimate of drug-likeness (QED) is 0.849. The number of phenolic OH excluding ortho intramolecular Hbond substituents is 1. The summed E-state index contributed by atoms with van der Waals surface area (Å²) >= 11 is 0. The lowest BCUT2D eigenvalue weighted by atomic mass is 9.86. The van der Waals surface area contributed by atoms with Crippen LogP contribution in [0.4, 0.5) is 9.18 Å². The van der Waals surface area contributed by atoms with Crippen molar-refractivity contribution in [1.29, 1.82) is 0 Å². The summed E-state index contributed by atoms with van der Waals surface area (Å²) in [5, 5.41) is 18.8. The van der Waals surface area contributed by atoms with E-state index in [1.807, 2.05) is 19.9 Å². The zero-order chi connectivity index (χ0) is 19.8. The fourth-order valence-electron chi connectivity index (χ4n) is 3.63. The smallest absolute Gasteiger partial charge is 0.338 e. The van der Waals surface area contributed by atoms with E-state index in [2.05, 4.69) is 10.4 Å². The van der Waals surface area contributed by atoms with Crippen LogP contribution in [0.3, 0.4) is 0 Å². The van der Waals surface area contributed by atoms with Gasteiger partial charge in [-0.05, 0) is 41.8 Å². The average molecular weight is 383 g/mol. The third kappa shape index (κ3) is 3.28. The number of benzene rings is 2. The minimum Gasteiger partial charge on any atom is -0.508 e. The Morgan fingerprint density at radius 3 is 2.93 bits per heavy atom. The molecule has 4 rings (SSSR count). The topological polar surface area (TPSA) is 74.2 Å². The number of fused-ring (bicyclic) bond motifs is 3. The number of phenols is 1. The van der Waals surface area contributed by atoms with Gasteiger partial charge in [0, 0.05) is 12.1 Å². The van der Waals surface area contributed by atoms with E-state index in [0.29, 0.717) is 36.1 Å². The molecule has 2 aliphatic rings. The van der Waals surface area contributed by atoms with Crippen LogP contribution < -0.4 is 10.1 Å². The first-order valence-corrected chi connectivity index (χ1v) is 9.31. The van der Waals surface area contributed by atoms with Crippen LogP contribution in [0.5, 0.6) is 11.5 Å². The number of hydrazone groups is 1. The molecule has 2 heterocycles. The summed E-state index contributed by atoms with van der Waals surface area (Å²) in [6, 6.07) is 10.3. The summed E-state index contributed by atoms with van der Waals surface area (Å²) in [5.74, 6) is 0.300. The number of carbonyl (C=O) groups excluding carboxylic acids is 1. The van der Waals surface area contributed by atoms with Crippen molar-refractivity contribution in [2.24, 2.45) is 16.9 Å². The number of halogens is 1. The highest BCUT2D eigenvalue weighted by Gasteiger charge is 2.45. The molecule has 0 bridgehead atoms. The van der Waals surface area contributed by atoms with Crippen molar-refractivity contribution in [2.75, 3.05) is 13.2 Å². The van der Waals surface area contributed by atoms with Gasteiger partial charge >= 0.3 is 6.03 Å². The molecule has 2 N–H and O–H groups in total. The number of amides is 2. The van der Waals surface area contributed by atoms with Crippen molar-refractivity contribution in [3.8, 4) is 11.5 Å². The van der Waals surface area contributed by atoms with E-state index in [-0.39, 0.29) is 23.5 Å². The molecule has 2 amide bonds. The van der Waals surface area contributed by atoms with Gasteiger partial charge in [0.2, 0.25) is 0 Å². The molecule has 0 aliphatic carbocycles. The zero-order valence-electron chi connectivity index (χ0n) is 15.7. The van der Waals surface area contributed by atoms with Gasteiger partial charge in [0.05, 0.1) is 24.3 Å². The number of carbonyl (C=O) groups is 1. The monoisotopic (exact) mass is 383 g/mol. The molecule has 2 aliphatic heterocycles. The molecule has 2 aromatic carbocycles. The molecular weight excluding hydrogens is 361 g/mol. The van der Waals surface area contributed by atoms with E-state index in [0.717, 1.165) is 5.56 Å². The van der Waals surface area contributed by atoms with E-state index < -0.39 is 6.04 Å². The van der Waals surface area contributed by atoms with Crippen LogP contribution in [0, 0.1) is 17.7 Å². The van der Waals surface area contributed by atoms with Crippen LogP contribution >= 0.6 is 0 Å². The Morgan fingerprint density at radius 2 is 2.18 bits per heavy atom. The minimum absolute atomic E-state index is 0.108. The Bertz CT molecular complexity index is 944. The Labute approximate surface area is 162 Å². The van der Waals surface area contributed by atoms with Crippen LogP contribution in [0.1, 0.15) is 31.0 Å². The van der Waals surface area contributed by atoms with Crippen LogP contribution in [0.2, 0.25) is 0 Å². The van der Waals surface area contributed by atoms with Crippen molar-refractivity contribution in [3.63, 3.8) is 0 Å². The lowest BCUT2D eigenvalue weighted by molar-refractivity contribution is 0.159. The number of urea groups is 1. The first-order chi connectivity index (χ1) is 13.4. The zero-order valence-corrected chi connectivity index (χ0v) is 15.7. The normalized spacial score (nSPS) is 20.3. The number of ether oxygens (including phenoxy) is 1. The molecule has 0 spiro atoms. The van der Waals surface area contributed by atoms with E-state index >= 15 is 0 Å². The molecule has 146 valence electrons. The Morgan fingerprint density at radius 1 is 1.36 bits per heavy atom. The van der Waals surface area contributed by atoms with Crippen LogP contribution in [-0.4, -0.2) is 35.0 Å². The van der Waals surface area contributed by atoms with Gasteiger partial charge in [0.1, 0.15) is 17.3 Å². The SMILES string of the molecule is CC(C)CNC(=O)N1N=C2c3cc(F)ccc3OC[C@H]2[C@H]1c1cccc(O)c1. The molecule has 2 atom stereocenters. The molecule has 0 unspecified atom stereocenters. The Hall–Kier alpha value is -3.09. The van der Waals surface area contributed by atoms with Gasteiger partial charge in [-0.3, -0.25) is 0 Å². The van der Waals surface area contributed by atoms with Gasteiger partial charge in [-0.1, -0.05) is 26.0 Å². The second kappa shape index (κ2) is 7.14. The number of nitrogens with zero attached hydrogens (tertiary/aromatic N) is 2. The highest BCUT2D eigenvalue weighted by Crippen LogP contribution is 2.43. The molecule has 7 heteroatoms. The van der Waals surface area contributed by atoms with Crippen LogP contribution in [0.25, 0.3) is 0 Å². The average Bonchev–Trinajstić information content (AvgIpc) is 3.06. The number of nitrogens with one attached hydrogen (secondary N) is 1. The number of rotatable bonds is 3. The first-order valence-electron chi connectivity index (χ1n) is 9.31. The maximum absolute atomic E-state index is 13.9. The molecular formula is C21H22FN3O3. The maximum Gasteiger partial charge on any atom is 0.338 e. The van der Waals surface area contributed by atoms with Gasteiger partial charge in [-0.25, -0.2) is 14.2 Å². The molecule has 0 fully saturated rings. The first kappa shape index (κ1) is 18.3. The van der Waals surface area contributed by atoms with E-state index in [1.165, 1.54) is 17.1 Å². The summed E-state index contributed by atoms with van der Waals surface area (Å²) in [5.41, 5.74) is 1.92. The summed E-state index contributed by atoms with van der Waals surface area (Å²) in [4.78, 5) is 12.9. The predicted molar refractivity (Wildman–Crippen MR) is 103 cm³/mol. The van der Waals surface area contributed by atoms with Gasteiger partial charge in [-0.15, -0.1) is 0 Å². The summed E-state index contributed by atoms with van der Waals surface area (Å²) < 4.78 is 19.7. The molecule has 6 nitrogen and oxygen atoms in total. The van der Waals surface area contributed by atoms with Crippen molar-refractivity contribution in [1.82, 2.24) is 10.3 Å². The van der Waals surface area contributed by atoms with Crippen LogP contribution in [0.15, 0.2) is 47.6 Å². The second-order valence-electron chi connectivity index (χ2n) is 7.51. The van der Waals surface area contributed by atoms with Crippen LogP contribution in [-0.2, 0) is 0 Å². The minimum atomic E-state index is -0.453. The maximum atomic E-state index is 13.9. The van der Waals surface area contributed by atoms with Crippen molar-refractivity contribution < 1.29 is 19.0 Å². The molecule has 28 heavy (non-hydrogen) atoms. The molecule has 2 aromatic rings. The summed E-state index contributed by atoms with van der Waals surface area (Å²) in [7, 11) is 0. The lowest BCUT2D eigenvalue weighted by Gasteiger charge is -2.30. The number of hydrogen-bond acceptors (Lipinski definition) is 4. The summed E-state index contributed by atoms with van der Waals surface area (Å²) in [6.07, 6.45) is 0. The molecule has 0 saturated carbocycles. The van der Waals surface area contributed by atoms with Crippen molar-refractivity contribution in [3.05, 3.63) is 59.4 Å². The van der Waals surface area contributed by atoms with Gasteiger partial charge < -0.3 is 15.2 Å². The standard InChI is InChI=1S/C21H22FN3O3/c1-12(2)10-23-21(27)25-20(13-4-3-5-15(26)8-13)17-11-28-18-7-6-14(22)9-16(18)19(17)24-25/h3-9,12,17,20,26H,10-11H2,1-2H3,(H,23,27)/t17-,20-/m1/s1. The van der Waals surface area contributed by atoms with Crippen molar-refractivity contribution >= 4 is 11.7 Å². The van der Waals surface area contributed by atoms with Gasteiger partial charge in [0.25, 0.3) is 0 Å². The second-order valence-corrected chi connectivity index (χ2v) is 7.51. The highest BCUT2D eigenvalue weighted by atomic mass is 19.1. The largest absolute Gasteiger partial charge is 0.508 e. The third-order valence-corrected chi connectivity index (χ3v) is 4.93. The number of hydrogen-bond donors (Lipinski definition) is 2.